The Morgan fingerprint density at radius 2 is 1.66 bits per heavy atom. The molecule has 3 amide bonds. The molecule has 2 aromatic carbocycles. The highest BCUT2D eigenvalue weighted by Crippen LogP contribution is 2.35. The van der Waals surface area contributed by atoms with Crippen LogP contribution in [0.1, 0.15) is 48.0 Å². The number of amides is 3. The van der Waals surface area contributed by atoms with Crippen LogP contribution in [0.5, 0.6) is 0 Å². The van der Waals surface area contributed by atoms with E-state index in [1.54, 1.807) is 18.2 Å². The topological polar surface area (TPSA) is 61.4 Å². The molecule has 2 aliphatic rings. The lowest BCUT2D eigenvalue weighted by Gasteiger charge is -2.48. The van der Waals surface area contributed by atoms with E-state index >= 15 is 0 Å². The van der Waals surface area contributed by atoms with Gasteiger partial charge in [0.25, 0.3) is 5.91 Å². The quantitative estimate of drug-likeness (QED) is 0.805. The standard InChI is InChI=1S/C23H26FN3O2/c1-15-7-2-3-10-19(15)22(28)25-16-13-17-8-6-9-18(14-16)27(17)23(29)26-21-12-5-4-11-20(21)24/h2-5,7,10-12,16-18H,6,8-9,13-14H2,1H3,(H,25,28)(H,26,29)/t16?,17-,18+. The highest BCUT2D eigenvalue weighted by Gasteiger charge is 2.41. The first-order chi connectivity index (χ1) is 14.0. The number of fused-ring (bicyclic) bond motifs is 2. The minimum atomic E-state index is -0.439. The minimum Gasteiger partial charge on any atom is -0.349 e. The molecule has 2 saturated heterocycles. The van der Waals surface area contributed by atoms with E-state index in [1.165, 1.54) is 6.07 Å². The number of halogens is 1. The molecule has 1 unspecified atom stereocenters. The largest absolute Gasteiger partial charge is 0.349 e. The number of hydrogen-bond donors (Lipinski definition) is 2. The van der Waals surface area contributed by atoms with Crippen molar-refractivity contribution in [1.82, 2.24) is 10.2 Å². The summed E-state index contributed by atoms with van der Waals surface area (Å²) >= 11 is 0. The summed E-state index contributed by atoms with van der Waals surface area (Å²) in [6.45, 7) is 1.93. The van der Waals surface area contributed by atoms with Crippen molar-refractivity contribution < 1.29 is 14.0 Å². The summed E-state index contributed by atoms with van der Waals surface area (Å²) in [5.41, 5.74) is 1.84. The van der Waals surface area contributed by atoms with E-state index in [-0.39, 0.29) is 35.8 Å². The first-order valence-electron chi connectivity index (χ1n) is 10.2. The fraction of sp³-hybridized carbons (Fsp3) is 0.391. The lowest BCUT2D eigenvalue weighted by Crippen LogP contribution is -2.59. The van der Waals surface area contributed by atoms with Gasteiger partial charge < -0.3 is 15.5 Å². The van der Waals surface area contributed by atoms with Crippen LogP contribution in [0.15, 0.2) is 48.5 Å². The number of anilines is 1. The number of para-hydroxylation sites is 1. The van der Waals surface area contributed by atoms with E-state index in [0.29, 0.717) is 5.56 Å². The third kappa shape index (κ3) is 4.11. The molecule has 0 radical (unpaired) electrons. The molecule has 152 valence electrons. The van der Waals surface area contributed by atoms with Gasteiger partial charge in [-0.3, -0.25) is 4.79 Å². The third-order valence-electron chi connectivity index (χ3n) is 6.05. The van der Waals surface area contributed by atoms with Gasteiger partial charge in [0.1, 0.15) is 5.82 Å². The second kappa shape index (κ2) is 8.23. The van der Waals surface area contributed by atoms with Crippen molar-refractivity contribution in [1.29, 1.82) is 0 Å². The number of urea groups is 1. The van der Waals surface area contributed by atoms with E-state index in [1.807, 2.05) is 36.1 Å². The lowest BCUT2D eigenvalue weighted by molar-refractivity contribution is 0.0576. The van der Waals surface area contributed by atoms with Crippen molar-refractivity contribution in [2.45, 2.75) is 57.2 Å². The van der Waals surface area contributed by atoms with Crippen LogP contribution >= 0.6 is 0 Å². The molecule has 6 heteroatoms. The van der Waals surface area contributed by atoms with E-state index in [9.17, 15) is 14.0 Å². The van der Waals surface area contributed by atoms with Gasteiger partial charge in [-0.25, -0.2) is 9.18 Å². The van der Waals surface area contributed by atoms with Gasteiger partial charge in [-0.05, 0) is 62.8 Å². The zero-order valence-corrected chi connectivity index (χ0v) is 16.5. The molecule has 4 rings (SSSR count). The van der Waals surface area contributed by atoms with E-state index in [2.05, 4.69) is 10.6 Å². The molecular formula is C23H26FN3O2. The highest BCUT2D eigenvalue weighted by atomic mass is 19.1. The van der Waals surface area contributed by atoms with E-state index < -0.39 is 5.82 Å². The molecule has 3 atom stereocenters. The second-order valence-electron chi connectivity index (χ2n) is 8.01. The first-order valence-corrected chi connectivity index (χ1v) is 10.2. The van der Waals surface area contributed by atoms with Crippen LogP contribution in [0, 0.1) is 12.7 Å². The van der Waals surface area contributed by atoms with Gasteiger partial charge in [0, 0.05) is 23.7 Å². The molecule has 2 heterocycles. The molecule has 2 bridgehead atoms. The fourth-order valence-corrected chi connectivity index (χ4v) is 4.66. The van der Waals surface area contributed by atoms with Crippen molar-refractivity contribution in [3.8, 4) is 0 Å². The Morgan fingerprint density at radius 1 is 1.00 bits per heavy atom. The number of nitrogens with one attached hydrogen (secondary N) is 2. The molecule has 0 aliphatic carbocycles. The molecule has 29 heavy (non-hydrogen) atoms. The van der Waals surface area contributed by atoms with E-state index in [0.717, 1.165) is 37.7 Å². The maximum absolute atomic E-state index is 13.9. The highest BCUT2D eigenvalue weighted by molar-refractivity contribution is 5.95. The van der Waals surface area contributed by atoms with Gasteiger partial charge in [-0.1, -0.05) is 30.3 Å². The number of benzene rings is 2. The molecule has 0 aromatic heterocycles. The van der Waals surface area contributed by atoms with Gasteiger partial charge in [-0.2, -0.15) is 0 Å². The number of carbonyl (C=O) groups excluding carboxylic acids is 2. The van der Waals surface area contributed by atoms with Crippen molar-refractivity contribution >= 4 is 17.6 Å². The molecule has 0 spiro atoms. The minimum absolute atomic E-state index is 0.0370. The van der Waals surface area contributed by atoms with Gasteiger partial charge >= 0.3 is 6.03 Å². The van der Waals surface area contributed by atoms with Crippen molar-refractivity contribution in [3.63, 3.8) is 0 Å². The SMILES string of the molecule is Cc1ccccc1C(=O)NC1C[C@H]2CCC[C@@H](C1)N2C(=O)Nc1ccccc1F. The summed E-state index contributed by atoms with van der Waals surface area (Å²) in [6, 6.07) is 13.6. The van der Waals surface area contributed by atoms with Gasteiger partial charge in [0.15, 0.2) is 0 Å². The fourth-order valence-electron chi connectivity index (χ4n) is 4.66. The average molecular weight is 395 g/mol. The van der Waals surface area contributed by atoms with Gasteiger partial charge in [0.05, 0.1) is 5.69 Å². The van der Waals surface area contributed by atoms with Crippen molar-refractivity contribution in [2.24, 2.45) is 0 Å². The van der Waals surface area contributed by atoms with Crippen LogP contribution in [0.25, 0.3) is 0 Å². The number of rotatable bonds is 3. The molecule has 2 N–H and O–H groups in total. The predicted molar refractivity (Wildman–Crippen MR) is 110 cm³/mol. The summed E-state index contributed by atoms with van der Waals surface area (Å²) in [5, 5.41) is 5.89. The van der Waals surface area contributed by atoms with Crippen LogP contribution in [0.3, 0.4) is 0 Å². The van der Waals surface area contributed by atoms with Crippen LogP contribution in [-0.2, 0) is 0 Å². The number of nitrogens with zero attached hydrogens (tertiary/aromatic N) is 1. The number of carbonyl (C=O) groups is 2. The Bertz CT molecular complexity index is 903. The maximum Gasteiger partial charge on any atom is 0.322 e. The Morgan fingerprint density at radius 3 is 2.34 bits per heavy atom. The van der Waals surface area contributed by atoms with Gasteiger partial charge in [0.2, 0.25) is 0 Å². The zero-order chi connectivity index (χ0) is 20.4. The first kappa shape index (κ1) is 19.4. The Hall–Kier alpha value is -2.89. The van der Waals surface area contributed by atoms with Crippen molar-refractivity contribution in [3.05, 3.63) is 65.5 Å². The van der Waals surface area contributed by atoms with Crippen LogP contribution in [0.2, 0.25) is 0 Å². The summed E-state index contributed by atoms with van der Waals surface area (Å²) < 4.78 is 13.9. The molecule has 2 fully saturated rings. The number of hydrogen-bond acceptors (Lipinski definition) is 2. The predicted octanol–water partition coefficient (Wildman–Crippen LogP) is 4.48. The van der Waals surface area contributed by atoms with Crippen LogP contribution in [-0.4, -0.2) is 35.0 Å². The maximum atomic E-state index is 13.9. The Labute approximate surface area is 170 Å². The summed E-state index contributed by atoms with van der Waals surface area (Å²) in [5.74, 6) is -0.498. The zero-order valence-electron chi connectivity index (χ0n) is 16.5. The molecule has 5 nitrogen and oxygen atoms in total. The van der Waals surface area contributed by atoms with Crippen LogP contribution < -0.4 is 10.6 Å². The summed E-state index contributed by atoms with van der Waals surface area (Å²) in [7, 11) is 0. The second-order valence-corrected chi connectivity index (χ2v) is 8.01. The normalized spacial score (nSPS) is 23.4. The smallest absolute Gasteiger partial charge is 0.322 e. The monoisotopic (exact) mass is 395 g/mol. The molecule has 2 aromatic rings. The Kier molecular flexibility index (Phi) is 5.51. The third-order valence-corrected chi connectivity index (χ3v) is 6.05. The number of aryl methyl sites for hydroxylation is 1. The van der Waals surface area contributed by atoms with Crippen LogP contribution in [0.4, 0.5) is 14.9 Å². The van der Waals surface area contributed by atoms with E-state index in [4.69, 9.17) is 0 Å². The number of piperidine rings is 2. The Balaban J connectivity index is 1.44. The molecular weight excluding hydrogens is 369 g/mol. The van der Waals surface area contributed by atoms with Gasteiger partial charge in [-0.15, -0.1) is 0 Å². The average Bonchev–Trinajstić information content (AvgIpc) is 2.69. The summed E-state index contributed by atoms with van der Waals surface area (Å²) in [6.07, 6.45) is 4.31. The van der Waals surface area contributed by atoms with Crippen molar-refractivity contribution in [2.75, 3.05) is 5.32 Å². The molecule has 2 aliphatic heterocycles. The lowest BCUT2D eigenvalue weighted by atomic mass is 9.82. The molecule has 0 saturated carbocycles. The summed E-state index contributed by atoms with van der Waals surface area (Å²) in [4.78, 5) is 27.5.